The van der Waals surface area contributed by atoms with Gasteiger partial charge < -0.3 is 14.6 Å². The molecule has 2 aromatic heterocycles. The van der Waals surface area contributed by atoms with Gasteiger partial charge in [0.25, 0.3) is 11.8 Å². The minimum absolute atomic E-state index is 0.0292. The first-order valence-electron chi connectivity index (χ1n) is 9.77. The molecule has 0 aliphatic carbocycles. The van der Waals surface area contributed by atoms with Gasteiger partial charge in [0, 0.05) is 19.1 Å². The van der Waals surface area contributed by atoms with Gasteiger partial charge in [0.15, 0.2) is 5.76 Å². The van der Waals surface area contributed by atoms with Crippen LogP contribution in [-0.4, -0.2) is 50.6 Å². The second-order valence-corrected chi connectivity index (χ2v) is 7.32. The van der Waals surface area contributed by atoms with Gasteiger partial charge in [-0.15, -0.1) is 5.10 Å². The smallest absolute Gasteiger partial charge is 0.293 e. The van der Waals surface area contributed by atoms with Gasteiger partial charge in [-0.2, -0.15) is 0 Å². The summed E-state index contributed by atoms with van der Waals surface area (Å²) in [6.07, 6.45) is 1.27. The molecular weight excluding hydrogens is 389 g/mol. The zero-order valence-electron chi connectivity index (χ0n) is 16.8. The predicted octanol–water partition coefficient (Wildman–Crippen LogP) is 2.65. The van der Waals surface area contributed by atoms with Crippen molar-refractivity contribution in [2.24, 2.45) is 0 Å². The number of halogens is 1. The third kappa shape index (κ3) is 4.10. The average Bonchev–Trinajstić information content (AvgIpc) is 3.34. The minimum Gasteiger partial charge on any atom is -0.456 e. The topological polar surface area (TPSA) is 93.3 Å². The van der Waals surface area contributed by atoms with Crippen molar-refractivity contribution < 1.29 is 18.4 Å². The monoisotopic (exact) mass is 411 g/mol. The predicted molar refractivity (Wildman–Crippen MR) is 106 cm³/mol. The number of rotatable bonds is 4. The number of likely N-dealkylation sites (tertiary alicyclic amines) is 1. The summed E-state index contributed by atoms with van der Waals surface area (Å²) in [6, 6.07) is 9.20. The Balaban J connectivity index is 1.37. The second kappa shape index (κ2) is 8.10. The normalized spacial score (nSPS) is 14.7. The number of benzene rings is 1. The highest BCUT2D eigenvalue weighted by molar-refractivity contribution is 5.92. The van der Waals surface area contributed by atoms with Crippen LogP contribution in [0.3, 0.4) is 0 Å². The lowest BCUT2D eigenvalue weighted by Gasteiger charge is -2.31. The third-order valence-electron chi connectivity index (χ3n) is 5.11. The van der Waals surface area contributed by atoms with E-state index in [1.807, 2.05) is 0 Å². The number of aromatic nitrogens is 3. The van der Waals surface area contributed by atoms with Gasteiger partial charge in [-0.1, -0.05) is 0 Å². The molecule has 0 unspecified atom stereocenters. The first-order chi connectivity index (χ1) is 14.4. The Kier molecular flexibility index (Phi) is 5.35. The van der Waals surface area contributed by atoms with Crippen molar-refractivity contribution in [3.8, 4) is 5.69 Å². The summed E-state index contributed by atoms with van der Waals surface area (Å²) in [6.45, 7) is 4.51. The fraction of sp³-hybridized carbons (Fsp3) is 0.333. The first-order valence-corrected chi connectivity index (χ1v) is 9.77. The summed E-state index contributed by atoms with van der Waals surface area (Å²) in [4.78, 5) is 31.0. The third-order valence-corrected chi connectivity index (χ3v) is 5.11. The van der Waals surface area contributed by atoms with Gasteiger partial charge in [-0.05, 0) is 63.1 Å². The number of nitrogens with zero attached hydrogens (tertiary/aromatic N) is 4. The Morgan fingerprint density at radius 3 is 2.43 bits per heavy atom. The number of hydrogen-bond acceptors (Lipinski definition) is 5. The van der Waals surface area contributed by atoms with E-state index in [9.17, 15) is 14.0 Å². The van der Waals surface area contributed by atoms with E-state index in [4.69, 9.17) is 4.42 Å². The number of nitrogens with one attached hydrogen (secondary N) is 1. The summed E-state index contributed by atoms with van der Waals surface area (Å²) < 4.78 is 20.0. The van der Waals surface area contributed by atoms with Crippen LogP contribution in [0.2, 0.25) is 0 Å². The molecule has 1 saturated heterocycles. The van der Waals surface area contributed by atoms with E-state index in [2.05, 4.69) is 15.4 Å². The van der Waals surface area contributed by atoms with E-state index >= 15 is 0 Å². The molecule has 3 heterocycles. The molecule has 0 saturated carbocycles. The lowest BCUT2D eigenvalue weighted by atomic mass is 10.0. The van der Waals surface area contributed by atoms with E-state index in [0.717, 1.165) is 0 Å². The molecule has 1 aliphatic heterocycles. The molecule has 0 atom stereocenters. The standard InChI is InChI=1S/C21H22FN5O3/c1-13-3-8-18(30-13)20(28)24-16-9-11-26(12-10-16)21(29)19-23-14(2)27(25-19)17-6-4-15(22)5-7-17/h3-8,16H,9-12H2,1-2H3,(H,24,28). The molecule has 0 radical (unpaired) electrons. The summed E-state index contributed by atoms with van der Waals surface area (Å²) in [5.74, 6) is 0.769. The van der Waals surface area contributed by atoms with Gasteiger partial charge in [0.1, 0.15) is 17.4 Å². The lowest BCUT2D eigenvalue weighted by molar-refractivity contribution is 0.0684. The number of carbonyl (C=O) groups is 2. The van der Waals surface area contributed by atoms with Gasteiger partial charge in [-0.3, -0.25) is 9.59 Å². The molecule has 9 heteroatoms. The molecule has 1 fully saturated rings. The van der Waals surface area contributed by atoms with Crippen LogP contribution in [0.4, 0.5) is 4.39 Å². The van der Waals surface area contributed by atoms with Crippen molar-refractivity contribution in [1.82, 2.24) is 25.0 Å². The summed E-state index contributed by atoms with van der Waals surface area (Å²) >= 11 is 0. The number of furan rings is 1. The zero-order chi connectivity index (χ0) is 21.3. The molecule has 0 spiro atoms. The van der Waals surface area contributed by atoms with Crippen molar-refractivity contribution in [1.29, 1.82) is 0 Å². The SMILES string of the molecule is Cc1ccc(C(=O)NC2CCN(C(=O)c3nc(C)n(-c4ccc(F)cc4)n3)CC2)o1. The van der Waals surface area contributed by atoms with Gasteiger partial charge in [0.05, 0.1) is 5.69 Å². The van der Waals surface area contributed by atoms with Crippen LogP contribution in [0, 0.1) is 19.7 Å². The number of amides is 2. The van der Waals surface area contributed by atoms with Crippen LogP contribution in [0.15, 0.2) is 40.8 Å². The maximum absolute atomic E-state index is 13.2. The molecule has 30 heavy (non-hydrogen) atoms. The number of hydrogen-bond donors (Lipinski definition) is 1. The van der Waals surface area contributed by atoms with Crippen LogP contribution in [-0.2, 0) is 0 Å². The highest BCUT2D eigenvalue weighted by atomic mass is 19.1. The lowest BCUT2D eigenvalue weighted by Crippen LogP contribution is -2.46. The first kappa shape index (κ1) is 19.8. The fourth-order valence-electron chi connectivity index (χ4n) is 3.49. The number of piperidine rings is 1. The summed E-state index contributed by atoms with van der Waals surface area (Å²) in [5.41, 5.74) is 0.634. The van der Waals surface area contributed by atoms with E-state index in [-0.39, 0.29) is 35.3 Å². The molecule has 1 aliphatic rings. The minimum atomic E-state index is -0.343. The van der Waals surface area contributed by atoms with E-state index in [1.165, 1.54) is 16.8 Å². The average molecular weight is 411 g/mol. The quantitative estimate of drug-likeness (QED) is 0.712. The molecule has 3 aromatic rings. The maximum Gasteiger partial charge on any atom is 0.293 e. The van der Waals surface area contributed by atoms with Crippen molar-refractivity contribution in [3.05, 3.63) is 65.4 Å². The largest absolute Gasteiger partial charge is 0.456 e. The van der Waals surface area contributed by atoms with E-state index in [0.29, 0.717) is 43.2 Å². The van der Waals surface area contributed by atoms with Crippen molar-refractivity contribution in [3.63, 3.8) is 0 Å². The highest BCUT2D eigenvalue weighted by Crippen LogP contribution is 2.16. The molecule has 8 nitrogen and oxygen atoms in total. The van der Waals surface area contributed by atoms with Crippen molar-refractivity contribution in [2.75, 3.05) is 13.1 Å². The van der Waals surface area contributed by atoms with Crippen LogP contribution >= 0.6 is 0 Å². The molecule has 2 amide bonds. The van der Waals surface area contributed by atoms with Crippen LogP contribution in [0.25, 0.3) is 5.69 Å². The maximum atomic E-state index is 13.2. The number of aryl methyl sites for hydroxylation is 2. The van der Waals surface area contributed by atoms with Gasteiger partial charge in [0.2, 0.25) is 5.82 Å². The Morgan fingerprint density at radius 1 is 1.10 bits per heavy atom. The molecule has 1 aromatic carbocycles. The molecule has 4 rings (SSSR count). The Bertz CT molecular complexity index is 1060. The zero-order valence-corrected chi connectivity index (χ0v) is 16.8. The fourth-order valence-corrected chi connectivity index (χ4v) is 3.49. The number of carbonyl (C=O) groups excluding carboxylic acids is 2. The molecular formula is C21H22FN5O3. The molecule has 1 N–H and O–H groups in total. The van der Waals surface area contributed by atoms with Gasteiger partial charge in [-0.25, -0.2) is 14.1 Å². The van der Waals surface area contributed by atoms with Crippen LogP contribution < -0.4 is 5.32 Å². The van der Waals surface area contributed by atoms with Crippen LogP contribution in [0.5, 0.6) is 0 Å². The van der Waals surface area contributed by atoms with E-state index in [1.54, 1.807) is 43.0 Å². The Hall–Kier alpha value is -3.49. The van der Waals surface area contributed by atoms with Crippen molar-refractivity contribution >= 4 is 11.8 Å². The highest BCUT2D eigenvalue weighted by Gasteiger charge is 2.28. The van der Waals surface area contributed by atoms with Crippen LogP contribution in [0.1, 0.15) is 45.6 Å². The Morgan fingerprint density at radius 2 is 1.80 bits per heavy atom. The van der Waals surface area contributed by atoms with E-state index < -0.39 is 0 Å². The Labute approximate surface area is 172 Å². The molecule has 0 bridgehead atoms. The summed E-state index contributed by atoms with van der Waals surface area (Å²) in [5, 5.41) is 7.25. The van der Waals surface area contributed by atoms with Crippen molar-refractivity contribution in [2.45, 2.75) is 32.7 Å². The summed E-state index contributed by atoms with van der Waals surface area (Å²) in [7, 11) is 0. The van der Waals surface area contributed by atoms with Gasteiger partial charge >= 0.3 is 0 Å². The molecule has 156 valence electrons. The second-order valence-electron chi connectivity index (χ2n) is 7.32.